The van der Waals surface area contributed by atoms with Gasteiger partial charge in [-0.15, -0.1) is 0 Å². The lowest BCUT2D eigenvalue weighted by molar-refractivity contribution is -0.161. The number of hydrogen-bond donors (Lipinski definition) is 2. The number of rotatable bonds is 57. The summed E-state index contributed by atoms with van der Waals surface area (Å²) in [5.41, 5.74) is 0. The van der Waals surface area contributed by atoms with Gasteiger partial charge in [0.15, 0.2) is 6.10 Å². The van der Waals surface area contributed by atoms with Crippen molar-refractivity contribution in [1.82, 2.24) is 0 Å². The molecule has 0 aliphatic carbocycles. The first kappa shape index (κ1) is 72.9. The van der Waals surface area contributed by atoms with Crippen LogP contribution in [0.15, 0.2) is 72.9 Å². The van der Waals surface area contributed by atoms with Gasteiger partial charge in [-0.1, -0.05) is 241 Å². The van der Waals surface area contributed by atoms with Gasteiger partial charge in [0.05, 0.1) is 19.8 Å². The lowest BCUT2D eigenvalue weighted by Gasteiger charge is -2.21. The summed E-state index contributed by atoms with van der Waals surface area (Å²) in [4.78, 5) is 48.7. The molecule has 0 spiro atoms. The maximum absolute atomic E-state index is 12.9. The number of aliphatic hydroxyl groups excluding tert-OH is 1. The van der Waals surface area contributed by atoms with Crippen LogP contribution in [0.3, 0.4) is 0 Å². The topological polar surface area (TPSA) is 155 Å². The van der Waals surface area contributed by atoms with Crippen LogP contribution in [-0.4, -0.2) is 66.5 Å². The monoisotopic (exact) mass is 1090 g/mol. The first-order valence-electron chi connectivity index (χ1n) is 30.8. The third-order valence-corrected chi connectivity index (χ3v) is 14.1. The summed E-state index contributed by atoms with van der Waals surface area (Å²) in [5, 5.41) is 9.83. The number of esters is 3. The Morgan fingerprint density at radius 1 is 0.382 bits per heavy atom. The van der Waals surface area contributed by atoms with Gasteiger partial charge in [0.1, 0.15) is 12.7 Å². The van der Waals surface area contributed by atoms with E-state index < -0.39 is 57.8 Å². The number of allylic oxidation sites excluding steroid dienone is 12. The maximum Gasteiger partial charge on any atom is 0.472 e. The largest absolute Gasteiger partial charge is 0.472 e. The Balaban J connectivity index is 4.73. The molecule has 2 N–H and O–H groups in total. The van der Waals surface area contributed by atoms with E-state index in [1.165, 1.54) is 89.9 Å². The van der Waals surface area contributed by atoms with Crippen molar-refractivity contribution in [2.24, 2.45) is 0 Å². The maximum atomic E-state index is 12.9. The van der Waals surface area contributed by atoms with Crippen molar-refractivity contribution in [3.05, 3.63) is 72.9 Å². The minimum absolute atomic E-state index is 0.147. The van der Waals surface area contributed by atoms with Gasteiger partial charge in [-0.25, -0.2) is 4.57 Å². The molecule has 0 rings (SSSR count). The molecule has 0 amide bonds. The fourth-order valence-electron chi connectivity index (χ4n) is 8.44. The van der Waals surface area contributed by atoms with Gasteiger partial charge in [-0.05, 0) is 89.9 Å². The SMILES string of the molecule is CC/C=C\C/C=C\C/C=C\C/C=C\CCCCCCCCC(=O)OCC(COP(=O)(O)OCC(CO)OC(=O)CCCCCCCCCCCCCCCCC)OC(=O)CCCCCCC/C=C\C/C=C\CCCCC. The molecule has 11 nitrogen and oxygen atoms in total. The van der Waals surface area contributed by atoms with Crippen LogP contribution >= 0.6 is 7.82 Å². The van der Waals surface area contributed by atoms with Crippen molar-refractivity contribution in [2.75, 3.05) is 26.4 Å². The number of ether oxygens (including phenoxy) is 3. The van der Waals surface area contributed by atoms with Crippen LogP contribution in [0.2, 0.25) is 0 Å². The Bertz CT molecular complexity index is 1550. The highest BCUT2D eigenvalue weighted by molar-refractivity contribution is 7.47. The molecule has 440 valence electrons. The summed E-state index contributed by atoms with van der Waals surface area (Å²) < 4.78 is 39.6. The fraction of sp³-hybridized carbons (Fsp3) is 0.766. The molecule has 0 bridgehead atoms. The summed E-state index contributed by atoms with van der Waals surface area (Å²) in [6.45, 7) is 4.51. The second-order valence-electron chi connectivity index (χ2n) is 20.5. The first-order chi connectivity index (χ1) is 37.2. The van der Waals surface area contributed by atoms with Gasteiger partial charge in [-0.2, -0.15) is 0 Å². The van der Waals surface area contributed by atoms with Crippen molar-refractivity contribution < 1.29 is 52.2 Å². The summed E-state index contributed by atoms with van der Waals surface area (Å²) >= 11 is 0. The standard InChI is InChI=1S/C64H113O11P/c1-4-7-10-13-16-19-22-25-28-29-30-31-34-35-38-41-44-47-50-53-62(66)71-57-61(75-64(68)55-52-49-46-43-40-37-33-27-24-21-18-15-12-9-6-3)59-73-76(69,70)72-58-60(56-65)74-63(67)54-51-48-45-42-39-36-32-26-23-20-17-14-11-8-5-2/h7,10,16,18-19,21,25,27-28,30-31,33,60-61,65H,4-6,8-9,11-15,17,20,22-24,26,29,32,34-59H2,1-3H3,(H,69,70)/b10-7-,19-16-,21-18-,28-25-,31-30-,33-27-. The minimum atomic E-state index is -4.76. The quantitative estimate of drug-likeness (QED) is 0.0197. The summed E-state index contributed by atoms with van der Waals surface area (Å²) in [6, 6.07) is 0. The molecule has 3 unspecified atom stereocenters. The predicted molar refractivity (Wildman–Crippen MR) is 316 cm³/mol. The third-order valence-electron chi connectivity index (χ3n) is 13.1. The summed E-state index contributed by atoms with van der Waals surface area (Å²) in [6.07, 6.45) is 65.6. The van der Waals surface area contributed by atoms with Gasteiger partial charge in [0.2, 0.25) is 0 Å². The molecule has 0 aliphatic heterocycles. The first-order valence-corrected chi connectivity index (χ1v) is 32.3. The highest BCUT2D eigenvalue weighted by Crippen LogP contribution is 2.43. The zero-order valence-electron chi connectivity index (χ0n) is 48.7. The van der Waals surface area contributed by atoms with Crippen LogP contribution in [0, 0.1) is 0 Å². The van der Waals surface area contributed by atoms with Gasteiger partial charge in [0.25, 0.3) is 0 Å². The molecular weight excluding hydrogens is 976 g/mol. The van der Waals surface area contributed by atoms with Crippen LogP contribution in [0.5, 0.6) is 0 Å². The van der Waals surface area contributed by atoms with Crippen LogP contribution in [0.4, 0.5) is 0 Å². The molecule has 0 aromatic heterocycles. The number of phosphoric ester groups is 1. The van der Waals surface area contributed by atoms with Gasteiger partial charge >= 0.3 is 25.7 Å². The molecule has 12 heteroatoms. The van der Waals surface area contributed by atoms with Crippen molar-refractivity contribution in [3.63, 3.8) is 0 Å². The minimum Gasteiger partial charge on any atom is -0.462 e. The van der Waals surface area contributed by atoms with Crippen molar-refractivity contribution in [3.8, 4) is 0 Å². The normalized spacial score (nSPS) is 13.8. The van der Waals surface area contributed by atoms with Gasteiger partial charge in [-0.3, -0.25) is 23.4 Å². The fourth-order valence-corrected chi connectivity index (χ4v) is 9.22. The molecule has 0 aliphatic rings. The molecule has 76 heavy (non-hydrogen) atoms. The number of phosphoric acid groups is 1. The zero-order chi connectivity index (χ0) is 55.5. The number of unbranched alkanes of at least 4 members (excludes halogenated alkanes) is 28. The van der Waals surface area contributed by atoms with Crippen LogP contribution in [-0.2, 0) is 42.2 Å². The van der Waals surface area contributed by atoms with Crippen molar-refractivity contribution in [2.45, 2.75) is 290 Å². The van der Waals surface area contributed by atoms with Crippen molar-refractivity contribution in [1.29, 1.82) is 0 Å². The van der Waals surface area contributed by atoms with E-state index in [4.69, 9.17) is 23.3 Å². The Hall–Kier alpha value is -3.08. The van der Waals surface area contributed by atoms with Gasteiger partial charge in [0, 0.05) is 19.3 Å². The van der Waals surface area contributed by atoms with E-state index in [0.717, 1.165) is 128 Å². The molecule has 0 fully saturated rings. The highest BCUT2D eigenvalue weighted by atomic mass is 31.2. The van der Waals surface area contributed by atoms with E-state index in [1.807, 2.05) is 0 Å². The molecule has 0 saturated heterocycles. The number of carbonyl (C=O) groups excluding carboxylic acids is 3. The Morgan fingerprint density at radius 3 is 1.08 bits per heavy atom. The van der Waals surface area contributed by atoms with E-state index in [2.05, 4.69) is 93.7 Å². The second-order valence-corrected chi connectivity index (χ2v) is 21.9. The van der Waals surface area contributed by atoms with Crippen LogP contribution in [0.1, 0.15) is 278 Å². The van der Waals surface area contributed by atoms with Crippen LogP contribution in [0.25, 0.3) is 0 Å². The number of hydrogen-bond acceptors (Lipinski definition) is 10. The van der Waals surface area contributed by atoms with Crippen LogP contribution < -0.4 is 0 Å². The molecule has 0 aromatic carbocycles. The number of aliphatic hydroxyl groups is 1. The smallest absolute Gasteiger partial charge is 0.462 e. The molecule has 0 saturated carbocycles. The average Bonchev–Trinajstić information content (AvgIpc) is 3.41. The third kappa shape index (κ3) is 55.7. The number of carbonyl (C=O) groups is 3. The van der Waals surface area contributed by atoms with E-state index >= 15 is 0 Å². The van der Waals surface area contributed by atoms with Crippen molar-refractivity contribution >= 4 is 25.7 Å². The molecule has 3 atom stereocenters. The predicted octanol–water partition coefficient (Wildman–Crippen LogP) is 18.5. The van der Waals surface area contributed by atoms with Gasteiger partial charge < -0.3 is 24.2 Å². The summed E-state index contributed by atoms with van der Waals surface area (Å²) in [5.74, 6) is -1.49. The van der Waals surface area contributed by atoms with E-state index in [9.17, 15) is 28.9 Å². The van der Waals surface area contributed by atoms with E-state index in [0.29, 0.717) is 19.3 Å². The highest BCUT2D eigenvalue weighted by Gasteiger charge is 2.28. The molecule has 0 radical (unpaired) electrons. The second kappa shape index (κ2) is 58.1. The lowest BCUT2D eigenvalue weighted by Crippen LogP contribution is -2.30. The Morgan fingerprint density at radius 2 is 0.684 bits per heavy atom. The average molecular weight is 1090 g/mol. The lowest BCUT2D eigenvalue weighted by atomic mass is 10.0. The molecule has 0 aromatic rings. The Labute approximate surface area is 465 Å². The molecular formula is C64H113O11P. The van der Waals surface area contributed by atoms with E-state index in [1.54, 1.807) is 0 Å². The van der Waals surface area contributed by atoms with E-state index in [-0.39, 0.29) is 25.9 Å². The summed E-state index contributed by atoms with van der Waals surface area (Å²) in [7, 11) is -4.76. The molecule has 0 heterocycles. The Kier molecular flexibility index (Phi) is 55.7. The zero-order valence-corrected chi connectivity index (χ0v) is 49.6.